The number of para-hydroxylation sites is 1. The summed E-state index contributed by atoms with van der Waals surface area (Å²) in [4.78, 5) is 38.5. The maximum Gasteiger partial charge on any atom is 0.340 e. The predicted octanol–water partition coefficient (Wildman–Crippen LogP) is 4.02. The molecule has 4 rings (SSSR count). The third kappa shape index (κ3) is 5.90. The minimum Gasteiger partial charge on any atom is -0.493 e. The van der Waals surface area contributed by atoms with Crippen molar-refractivity contribution in [3.05, 3.63) is 47.5 Å². The number of benzene rings is 2. The molecule has 2 aliphatic rings. The number of nitrogens with one attached hydrogen (secondary N) is 2. The minimum atomic E-state index is -0.752. The summed E-state index contributed by atoms with van der Waals surface area (Å²) in [5.41, 5.74) is 1.23. The van der Waals surface area contributed by atoms with Gasteiger partial charge in [0, 0.05) is 30.0 Å². The third-order valence-corrected chi connectivity index (χ3v) is 6.61. The molecule has 36 heavy (non-hydrogen) atoms. The maximum atomic E-state index is 13.0. The molecular weight excluding hydrogens is 464 g/mol. The van der Waals surface area contributed by atoms with Crippen molar-refractivity contribution >= 4 is 23.5 Å². The zero-order chi connectivity index (χ0) is 25.5. The van der Waals surface area contributed by atoms with Crippen LogP contribution in [0.3, 0.4) is 0 Å². The molecule has 1 saturated carbocycles. The number of carbonyl (C=O) groups excluding carboxylic acids is 3. The van der Waals surface area contributed by atoms with Crippen molar-refractivity contribution in [1.82, 2.24) is 5.32 Å². The van der Waals surface area contributed by atoms with E-state index in [0.717, 1.165) is 43.4 Å². The van der Waals surface area contributed by atoms with Crippen molar-refractivity contribution in [2.45, 2.75) is 44.6 Å². The van der Waals surface area contributed by atoms with Crippen LogP contribution in [0.5, 0.6) is 17.2 Å². The lowest BCUT2D eigenvalue weighted by atomic mass is 9.88. The average molecular weight is 497 g/mol. The second-order valence-electron chi connectivity index (χ2n) is 8.95. The molecule has 2 amide bonds. The molecule has 0 bridgehead atoms. The zero-order valence-corrected chi connectivity index (χ0v) is 20.6. The van der Waals surface area contributed by atoms with Crippen LogP contribution in [0, 0.1) is 5.92 Å². The van der Waals surface area contributed by atoms with Crippen LogP contribution >= 0.6 is 0 Å². The Hall–Kier alpha value is -3.75. The number of hydrogen-bond acceptors (Lipinski definition) is 7. The Morgan fingerprint density at radius 3 is 2.44 bits per heavy atom. The molecule has 9 heteroatoms. The number of amides is 2. The Kier molecular flexibility index (Phi) is 8.30. The highest BCUT2D eigenvalue weighted by Crippen LogP contribution is 2.35. The van der Waals surface area contributed by atoms with Crippen LogP contribution in [0.2, 0.25) is 0 Å². The first-order valence-corrected chi connectivity index (χ1v) is 12.2. The van der Waals surface area contributed by atoms with E-state index in [0.29, 0.717) is 24.5 Å². The fourth-order valence-corrected chi connectivity index (χ4v) is 4.69. The van der Waals surface area contributed by atoms with Crippen molar-refractivity contribution in [3.63, 3.8) is 0 Å². The number of fused-ring (bicyclic) bond motifs is 1. The summed E-state index contributed by atoms with van der Waals surface area (Å²) in [6, 6.07) is 10.3. The van der Waals surface area contributed by atoms with Crippen LogP contribution in [0.1, 0.15) is 60.5 Å². The number of hydrogen-bond donors (Lipinski definition) is 2. The minimum absolute atomic E-state index is 0.0843. The first kappa shape index (κ1) is 25.3. The first-order chi connectivity index (χ1) is 17.5. The monoisotopic (exact) mass is 496 g/mol. The lowest BCUT2D eigenvalue weighted by Gasteiger charge is -2.26. The Balaban J connectivity index is 1.45. The maximum absolute atomic E-state index is 13.0. The normalized spacial score (nSPS) is 17.2. The van der Waals surface area contributed by atoms with Crippen LogP contribution < -0.4 is 24.8 Å². The largest absolute Gasteiger partial charge is 0.493 e. The fraction of sp³-hybridized carbons (Fsp3) is 0.444. The summed E-state index contributed by atoms with van der Waals surface area (Å²) >= 11 is 0. The van der Waals surface area contributed by atoms with Gasteiger partial charge in [-0.1, -0.05) is 37.5 Å². The quantitative estimate of drug-likeness (QED) is 0.531. The molecule has 1 aliphatic heterocycles. The molecule has 0 aromatic heterocycles. The number of methoxy groups -OCH3 is 2. The van der Waals surface area contributed by atoms with E-state index in [-0.39, 0.29) is 29.1 Å². The zero-order valence-electron chi connectivity index (χ0n) is 20.6. The van der Waals surface area contributed by atoms with E-state index in [4.69, 9.17) is 18.9 Å². The van der Waals surface area contributed by atoms with Crippen LogP contribution in [0.4, 0.5) is 5.69 Å². The van der Waals surface area contributed by atoms with Crippen LogP contribution in [0.15, 0.2) is 36.4 Å². The lowest BCUT2D eigenvalue weighted by Crippen LogP contribution is -2.35. The number of ether oxygens (including phenoxy) is 4. The topological polar surface area (TPSA) is 112 Å². The van der Waals surface area contributed by atoms with Gasteiger partial charge in [-0.3, -0.25) is 9.59 Å². The number of esters is 1. The fourth-order valence-electron chi connectivity index (χ4n) is 4.69. The van der Waals surface area contributed by atoms with Gasteiger partial charge in [-0.15, -0.1) is 0 Å². The SMILES string of the molecule is COc1cc(NC(=O)C2CCCCC2)c(C(=O)OCC(=O)NC2CCOc3ccccc32)cc1OC. The second kappa shape index (κ2) is 11.8. The number of anilines is 1. The summed E-state index contributed by atoms with van der Waals surface area (Å²) in [5.74, 6) is -0.0338. The molecule has 1 heterocycles. The molecular formula is C27H32N2O7. The Morgan fingerprint density at radius 1 is 0.972 bits per heavy atom. The van der Waals surface area contributed by atoms with Gasteiger partial charge in [-0.05, 0) is 18.9 Å². The molecule has 2 N–H and O–H groups in total. The molecule has 192 valence electrons. The molecule has 2 aromatic carbocycles. The van der Waals surface area contributed by atoms with Crippen molar-refractivity contribution in [2.24, 2.45) is 5.92 Å². The molecule has 2 aromatic rings. The van der Waals surface area contributed by atoms with Gasteiger partial charge in [0.2, 0.25) is 5.91 Å². The Bertz CT molecular complexity index is 1110. The molecule has 1 aliphatic carbocycles. The van der Waals surface area contributed by atoms with Gasteiger partial charge < -0.3 is 29.6 Å². The predicted molar refractivity (Wildman–Crippen MR) is 132 cm³/mol. The second-order valence-corrected chi connectivity index (χ2v) is 8.95. The molecule has 1 atom stereocenters. The van der Waals surface area contributed by atoms with Gasteiger partial charge in [0.15, 0.2) is 18.1 Å². The summed E-state index contributed by atoms with van der Waals surface area (Å²) in [6.45, 7) is 0.0140. The van der Waals surface area contributed by atoms with E-state index >= 15 is 0 Å². The number of rotatable bonds is 8. The highest BCUT2D eigenvalue weighted by atomic mass is 16.5. The summed E-state index contributed by atoms with van der Waals surface area (Å²) in [6.07, 6.45) is 5.38. The summed E-state index contributed by atoms with van der Waals surface area (Å²) < 4.78 is 21.6. The molecule has 0 radical (unpaired) electrons. The van der Waals surface area contributed by atoms with Crippen molar-refractivity contribution in [2.75, 3.05) is 32.8 Å². The molecule has 1 unspecified atom stereocenters. The highest BCUT2D eigenvalue weighted by molar-refractivity contribution is 6.03. The lowest BCUT2D eigenvalue weighted by molar-refractivity contribution is -0.125. The average Bonchev–Trinajstić information content (AvgIpc) is 2.92. The van der Waals surface area contributed by atoms with E-state index in [1.165, 1.54) is 26.4 Å². The molecule has 1 fully saturated rings. The Labute approximate surface area is 210 Å². The van der Waals surface area contributed by atoms with Crippen LogP contribution in [-0.2, 0) is 14.3 Å². The van der Waals surface area contributed by atoms with E-state index in [2.05, 4.69) is 10.6 Å². The molecule has 0 spiro atoms. The smallest absolute Gasteiger partial charge is 0.340 e. The van der Waals surface area contributed by atoms with E-state index in [1.807, 2.05) is 24.3 Å². The molecule has 0 saturated heterocycles. The van der Waals surface area contributed by atoms with E-state index in [1.54, 1.807) is 0 Å². The van der Waals surface area contributed by atoms with Crippen LogP contribution in [-0.4, -0.2) is 45.2 Å². The third-order valence-electron chi connectivity index (χ3n) is 6.61. The van der Waals surface area contributed by atoms with Gasteiger partial charge in [-0.2, -0.15) is 0 Å². The van der Waals surface area contributed by atoms with Crippen LogP contribution in [0.25, 0.3) is 0 Å². The Morgan fingerprint density at radius 2 is 1.69 bits per heavy atom. The molecule has 9 nitrogen and oxygen atoms in total. The van der Waals surface area contributed by atoms with E-state index in [9.17, 15) is 14.4 Å². The van der Waals surface area contributed by atoms with Gasteiger partial charge >= 0.3 is 5.97 Å². The summed E-state index contributed by atoms with van der Waals surface area (Å²) in [5, 5.41) is 5.76. The van der Waals surface area contributed by atoms with E-state index < -0.39 is 18.5 Å². The van der Waals surface area contributed by atoms with Gasteiger partial charge in [0.05, 0.1) is 38.1 Å². The van der Waals surface area contributed by atoms with Crippen molar-refractivity contribution < 1.29 is 33.3 Å². The van der Waals surface area contributed by atoms with Gasteiger partial charge in [0.1, 0.15) is 5.75 Å². The number of carbonyl (C=O) groups is 3. The van der Waals surface area contributed by atoms with Crippen molar-refractivity contribution in [1.29, 1.82) is 0 Å². The highest BCUT2D eigenvalue weighted by Gasteiger charge is 2.26. The van der Waals surface area contributed by atoms with Gasteiger partial charge in [0.25, 0.3) is 5.91 Å². The first-order valence-electron chi connectivity index (χ1n) is 12.2. The summed E-state index contributed by atoms with van der Waals surface area (Å²) in [7, 11) is 2.92. The van der Waals surface area contributed by atoms with Gasteiger partial charge in [-0.25, -0.2) is 4.79 Å². The van der Waals surface area contributed by atoms with Crippen molar-refractivity contribution in [3.8, 4) is 17.2 Å². The standard InChI is InChI=1S/C27H32N2O7/c1-33-23-14-19(21(15-24(23)34-2)29-26(31)17-8-4-3-5-9-17)27(32)36-16-25(30)28-20-12-13-35-22-11-7-6-10-18(20)22/h6-7,10-11,14-15,17,20H,3-5,8-9,12-13,16H2,1-2H3,(H,28,30)(H,29,31).